The Morgan fingerprint density at radius 2 is 1.79 bits per heavy atom. The Hall–Kier alpha value is -1.98. The van der Waals surface area contributed by atoms with E-state index < -0.39 is 34.8 Å². The van der Waals surface area contributed by atoms with Crippen LogP contribution < -0.4 is 5.32 Å². The molecule has 1 aromatic rings. The van der Waals surface area contributed by atoms with Crippen LogP contribution in [0, 0.1) is 23.3 Å². The van der Waals surface area contributed by atoms with Gasteiger partial charge in [-0.2, -0.15) is 0 Å². The molecule has 6 heteroatoms. The minimum Gasteiger partial charge on any atom is -0.347 e. The molecule has 3 rings (SSSR count). The van der Waals surface area contributed by atoms with E-state index in [0.29, 0.717) is 12.2 Å². The number of nitrogens with zero attached hydrogens (tertiary/aromatic N) is 1. The number of rotatable bonds is 1. The van der Waals surface area contributed by atoms with E-state index in [0.717, 1.165) is 5.70 Å². The van der Waals surface area contributed by atoms with E-state index in [-0.39, 0.29) is 12.6 Å². The largest absolute Gasteiger partial charge is 0.347 e. The minimum atomic E-state index is -1.37. The Morgan fingerprint density at radius 3 is 2.37 bits per heavy atom. The zero-order chi connectivity index (χ0) is 13.7. The molecule has 1 aromatic carbocycles. The number of nitrogens with one attached hydrogen (secondary N) is 1. The van der Waals surface area contributed by atoms with E-state index in [4.69, 9.17) is 0 Å². The van der Waals surface area contributed by atoms with Gasteiger partial charge < -0.3 is 10.2 Å². The first-order chi connectivity index (χ1) is 8.99. The van der Waals surface area contributed by atoms with Gasteiger partial charge in [0.15, 0.2) is 23.3 Å². The van der Waals surface area contributed by atoms with Gasteiger partial charge in [-0.05, 0) is 6.42 Å². The van der Waals surface area contributed by atoms with Crippen molar-refractivity contribution >= 4 is 0 Å². The van der Waals surface area contributed by atoms with Crippen LogP contribution in [-0.4, -0.2) is 11.4 Å². The van der Waals surface area contributed by atoms with Crippen LogP contribution in [0.5, 0.6) is 0 Å². The summed E-state index contributed by atoms with van der Waals surface area (Å²) in [5.41, 5.74) is 0.277. The zero-order valence-corrected chi connectivity index (χ0v) is 9.81. The molecule has 19 heavy (non-hydrogen) atoms. The lowest BCUT2D eigenvalue weighted by Crippen LogP contribution is -2.20. The lowest BCUT2D eigenvalue weighted by Gasteiger charge is -2.17. The smallest absolute Gasteiger partial charge is 0.165 e. The quantitative estimate of drug-likeness (QED) is 0.623. The molecule has 2 nitrogen and oxygen atoms in total. The van der Waals surface area contributed by atoms with Gasteiger partial charge in [-0.1, -0.05) is 6.58 Å². The lowest BCUT2D eigenvalue weighted by molar-refractivity contribution is 0.416. The van der Waals surface area contributed by atoms with Crippen molar-refractivity contribution in [2.45, 2.75) is 12.3 Å². The van der Waals surface area contributed by atoms with Crippen LogP contribution in [0.3, 0.4) is 0 Å². The maximum Gasteiger partial charge on any atom is 0.165 e. The molecule has 0 aromatic heterocycles. The Labute approximate surface area is 107 Å². The van der Waals surface area contributed by atoms with Crippen LogP contribution in [0.15, 0.2) is 30.4 Å². The minimum absolute atomic E-state index is 0.226. The number of hydrogen-bond acceptors (Lipinski definition) is 2. The van der Waals surface area contributed by atoms with Crippen LogP contribution in [-0.2, 0) is 0 Å². The van der Waals surface area contributed by atoms with E-state index in [1.165, 1.54) is 0 Å². The van der Waals surface area contributed by atoms with E-state index >= 15 is 0 Å². The molecule has 0 spiro atoms. The van der Waals surface area contributed by atoms with E-state index in [1.807, 2.05) is 0 Å². The molecule has 1 atom stereocenters. The average molecular weight is 270 g/mol. The topological polar surface area (TPSA) is 15.3 Å². The summed E-state index contributed by atoms with van der Waals surface area (Å²) in [6.07, 6.45) is 1.98. The van der Waals surface area contributed by atoms with Crippen molar-refractivity contribution in [2.24, 2.45) is 0 Å². The van der Waals surface area contributed by atoms with Crippen molar-refractivity contribution in [2.75, 3.05) is 6.54 Å². The highest BCUT2D eigenvalue weighted by molar-refractivity contribution is 5.33. The molecule has 0 unspecified atom stereocenters. The van der Waals surface area contributed by atoms with Gasteiger partial charge in [-0.25, -0.2) is 17.6 Å². The summed E-state index contributed by atoms with van der Waals surface area (Å²) in [4.78, 5) is 1.74. The van der Waals surface area contributed by atoms with E-state index in [9.17, 15) is 17.6 Å². The summed E-state index contributed by atoms with van der Waals surface area (Å²) in [7, 11) is 0. The Morgan fingerprint density at radius 1 is 1.16 bits per heavy atom. The summed E-state index contributed by atoms with van der Waals surface area (Å²) in [5, 5.41) is 2.88. The first-order valence-corrected chi connectivity index (χ1v) is 5.74. The Bertz CT molecular complexity index is 583. The van der Waals surface area contributed by atoms with Gasteiger partial charge in [-0.3, -0.25) is 0 Å². The Kier molecular flexibility index (Phi) is 2.55. The summed E-state index contributed by atoms with van der Waals surface area (Å²) in [5.74, 6) is -5.40. The molecule has 0 saturated carbocycles. The molecule has 1 fully saturated rings. The van der Waals surface area contributed by atoms with E-state index in [2.05, 4.69) is 11.9 Å². The van der Waals surface area contributed by atoms with Crippen LogP contribution in [0.1, 0.15) is 17.9 Å². The van der Waals surface area contributed by atoms with Crippen molar-refractivity contribution in [1.82, 2.24) is 10.2 Å². The molecule has 0 bridgehead atoms. The van der Waals surface area contributed by atoms with Crippen LogP contribution in [0.25, 0.3) is 0 Å². The molecule has 0 aliphatic carbocycles. The maximum atomic E-state index is 13.7. The summed E-state index contributed by atoms with van der Waals surface area (Å²) < 4.78 is 53.8. The van der Waals surface area contributed by atoms with Gasteiger partial charge in [0.2, 0.25) is 0 Å². The normalized spacial score (nSPS) is 21.5. The highest BCUT2D eigenvalue weighted by Gasteiger charge is 2.36. The summed E-state index contributed by atoms with van der Waals surface area (Å²) >= 11 is 0. The number of hydrogen-bond donors (Lipinski definition) is 1. The molecule has 2 heterocycles. The first-order valence-electron chi connectivity index (χ1n) is 5.74. The van der Waals surface area contributed by atoms with Crippen molar-refractivity contribution in [3.63, 3.8) is 0 Å². The fourth-order valence-electron chi connectivity index (χ4n) is 2.57. The molecule has 0 amide bonds. The number of benzene rings is 1. The molecule has 2 aliphatic heterocycles. The third-order valence-corrected chi connectivity index (χ3v) is 3.49. The maximum absolute atomic E-state index is 13.7. The second-order valence-electron chi connectivity index (χ2n) is 4.62. The molecule has 1 N–H and O–H groups in total. The van der Waals surface area contributed by atoms with Crippen LogP contribution >= 0.6 is 0 Å². The third-order valence-electron chi connectivity index (χ3n) is 3.49. The highest BCUT2D eigenvalue weighted by atomic mass is 19.2. The van der Waals surface area contributed by atoms with Gasteiger partial charge in [-0.15, -0.1) is 0 Å². The SMILES string of the molecule is C=C1NC=C2C[C@@H](c3c(F)c(F)cc(F)c3F)CN12. The monoisotopic (exact) mass is 270 g/mol. The number of halogens is 4. The van der Waals surface area contributed by atoms with Crippen molar-refractivity contribution in [3.05, 3.63) is 59.2 Å². The lowest BCUT2D eigenvalue weighted by atomic mass is 9.96. The first kappa shape index (κ1) is 12.1. The molecule has 100 valence electrons. The second-order valence-corrected chi connectivity index (χ2v) is 4.62. The van der Waals surface area contributed by atoms with Gasteiger partial charge >= 0.3 is 0 Å². The Balaban J connectivity index is 2.03. The van der Waals surface area contributed by atoms with Gasteiger partial charge in [0, 0.05) is 36.0 Å². The fraction of sp³-hybridized carbons (Fsp3) is 0.231. The van der Waals surface area contributed by atoms with Crippen LogP contribution in [0.4, 0.5) is 17.6 Å². The molecular weight excluding hydrogens is 260 g/mol. The average Bonchev–Trinajstić information content (AvgIpc) is 2.90. The predicted octanol–water partition coefficient (Wildman–Crippen LogP) is 2.95. The van der Waals surface area contributed by atoms with Crippen molar-refractivity contribution in [3.8, 4) is 0 Å². The molecular formula is C13H10F4N2. The molecule has 0 radical (unpaired) electrons. The van der Waals surface area contributed by atoms with Crippen LogP contribution in [0.2, 0.25) is 0 Å². The summed E-state index contributed by atoms with van der Waals surface area (Å²) in [6, 6.07) is 0.226. The van der Waals surface area contributed by atoms with Gasteiger partial charge in [0.05, 0.1) is 0 Å². The van der Waals surface area contributed by atoms with Gasteiger partial charge in [0.1, 0.15) is 5.82 Å². The van der Waals surface area contributed by atoms with Gasteiger partial charge in [0.25, 0.3) is 0 Å². The third kappa shape index (κ3) is 1.70. The standard InChI is InChI=1S/C13H10F4N2/c1-6-18-4-8-2-7(5-19(6)8)11-12(16)9(14)3-10(15)13(11)17/h3-4,7,18H,1-2,5H2/t7-/m1/s1. The molecule has 1 saturated heterocycles. The zero-order valence-electron chi connectivity index (χ0n) is 9.81. The highest BCUT2D eigenvalue weighted by Crippen LogP contribution is 2.40. The predicted molar refractivity (Wildman–Crippen MR) is 60.7 cm³/mol. The van der Waals surface area contributed by atoms with Crippen molar-refractivity contribution in [1.29, 1.82) is 0 Å². The second kappa shape index (κ2) is 4.01. The molecule has 2 aliphatic rings. The van der Waals surface area contributed by atoms with Crippen molar-refractivity contribution < 1.29 is 17.6 Å². The number of allylic oxidation sites excluding steroid dienone is 1. The summed E-state index contributed by atoms with van der Waals surface area (Å²) in [6.45, 7) is 3.98. The van der Waals surface area contributed by atoms with E-state index in [1.54, 1.807) is 11.1 Å². The number of fused-ring (bicyclic) bond motifs is 1. The fourth-order valence-corrected chi connectivity index (χ4v) is 2.57.